The summed E-state index contributed by atoms with van der Waals surface area (Å²) in [5.74, 6) is 6.29. The van der Waals surface area contributed by atoms with Gasteiger partial charge in [-0.2, -0.15) is 0 Å². The predicted molar refractivity (Wildman–Crippen MR) is 132 cm³/mol. The summed E-state index contributed by atoms with van der Waals surface area (Å²) in [4.78, 5) is 0. The van der Waals surface area contributed by atoms with Gasteiger partial charge in [0.05, 0.1) is 11.3 Å². The van der Waals surface area contributed by atoms with Crippen molar-refractivity contribution in [1.29, 1.82) is 5.41 Å². The van der Waals surface area contributed by atoms with Gasteiger partial charge in [0.25, 0.3) is 0 Å². The van der Waals surface area contributed by atoms with Crippen LogP contribution in [0.5, 0.6) is 0 Å². The molecule has 6 heteroatoms. The van der Waals surface area contributed by atoms with Crippen LogP contribution in [0.3, 0.4) is 0 Å². The van der Waals surface area contributed by atoms with Crippen LogP contribution in [0.4, 0.5) is 0 Å². The zero-order chi connectivity index (χ0) is 22.6. The Labute approximate surface area is 188 Å². The van der Waals surface area contributed by atoms with Gasteiger partial charge in [-0.25, -0.2) is 8.42 Å². The Balaban J connectivity index is 1.82. The molecular weight excluding hydrogens is 424 g/mol. The third-order valence-corrected chi connectivity index (χ3v) is 10.1. The Morgan fingerprint density at radius 2 is 1.77 bits per heavy atom. The molecule has 0 bridgehead atoms. The zero-order valence-electron chi connectivity index (χ0n) is 18.6. The van der Waals surface area contributed by atoms with E-state index in [0.717, 1.165) is 26.6 Å². The van der Waals surface area contributed by atoms with Gasteiger partial charge in [0.1, 0.15) is 10.6 Å². The third-order valence-electron chi connectivity index (χ3n) is 6.27. The lowest BCUT2D eigenvalue weighted by Gasteiger charge is -2.45. The molecule has 0 amide bonds. The maximum absolute atomic E-state index is 13.4. The smallest absolute Gasteiger partial charge is 0.165 e. The van der Waals surface area contributed by atoms with Crippen LogP contribution in [0.15, 0.2) is 36.4 Å². The average Bonchev–Trinajstić information content (AvgIpc) is 3.03. The highest BCUT2D eigenvalue weighted by atomic mass is 32.2. The van der Waals surface area contributed by atoms with Crippen molar-refractivity contribution in [2.45, 2.75) is 51.3 Å². The predicted octanol–water partition coefficient (Wildman–Crippen LogP) is 5.44. The molecule has 2 aromatic carbocycles. The van der Waals surface area contributed by atoms with Gasteiger partial charge in [0.2, 0.25) is 0 Å². The second-order valence-corrected chi connectivity index (χ2v) is 12.8. The van der Waals surface area contributed by atoms with Crippen LogP contribution in [0.2, 0.25) is 0 Å². The van der Waals surface area contributed by atoms with Gasteiger partial charge in [-0.05, 0) is 69.0 Å². The first-order chi connectivity index (χ1) is 14.5. The fourth-order valence-electron chi connectivity index (χ4n) is 4.65. The van der Waals surface area contributed by atoms with E-state index in [4.69, 9.17) is 5.41 Å². The quantitative estimate of drug-likeness (QED) is 0.520. The molecule has 1 fully saturated rings. The van der Waals surface area contributed by atoms with Crippen LogP contribution in [0, 0.1) is 23.2 Å². The number of fused-ring (bicyclic) bond motifs is 3. The Bertz CT molecular complexity index is 1380. The minimum Gasteiger partial charge on any atom is -0.362 e. The molecule has 2 atom stereocenters. The van der Waals surface area contributed by atoms with Gasteiger partial charge in [-0.1, -0.05) is 25.8 Å². The van der Waals surface area contributed by atoms with E-state index in [1.807, 2.05) is 39.8 Å². The minimum absolute atomic E-state index is 0.0360. The van der Waals surface area contributed by atoms with Crippen LogP contribution in [-0.4, -0.2) is 24.8 Å². The zero-order valence-corrected chi connectivity index (χ0v) is 20.2. The average molecular weight is 453 g/mol. The van der Waals surface area contributed by atoms with Crippen molar-refractivity contribution in [2.24, 2.45) is 5.92 Å². The second-order valence-electron chi connectivity index (χ2n) is 9.32. The molecule has 0 radical (unpaired) electrons. The van der Waals surface area contributed by atoms with Gasteiger partial charge in [0, 0.05) is 25.7 Å². The van der Waals surface area contributed by atoms with Gasteiger partial charge >= 0.3 is 0 Å². The van der Waals surface area contributed by atoms with Crippen molar-refractivity contribution in [3.63, 3.8) is 0 Å². The molecular formula is C25H28N2O2S2. The summed E-state index contributed by atoms with van der Waals surface area (Å²) in [7, 11) is -3.52. The number of rotatable bonds is 3. The molecule has 1 aliphatic rings. The topological polar surface area (TPSA) is 70.0 Å². The molecule has 162 valence electrons. The maximum Gasteiger partial charge on any atom is 0.165 e. The fourth-order valence-corrected chi connectivity index (χ4v) is 7.98. The van der Waals surface area contributed by atoms with Crippen molar-refractivity contribution in [2.75, 3.05) is 5.75 Å². The van der Waals surface area contributed by atoms with Gasteiger partial charge in [-0.3, -0.25) is 5.41 Å². The summed E-state index contributed by atoms with van der Waals surface area (Å²) in [5, 5.41) is 14.1. The third kappa shape index (κ3) is 3.54. The first-order valence-electron chi connectivity index (χ1n) is 10.5. The lowest BCUT2D eigenvalue weighted by Crippen LogP contribution is -2.65. The highest BCUT2D eigenvalue weighted by molar-refractivity contribution is 7.93. The molecule has 0 saturated carbocycles. The molecule has 0 aliphatic carbocycles. The molecule has 0 unspecified atom stereocenters. The SMILES string of the molecule is CC#Cc1ccc2sc3ccc([C@]4(C)CS(=O)(=O)[C@@](C)(CC(C)C)C(=N)N4)cc3c2c1. The van der Waals surface area contributed by atoms with Crippen LogP contribution in [0.25, 0.3) is 20.2 Å². The van der Waals surface area contributed by atoms with Crippen molar-refractivity contribution in [3.8, 4) is 11.8 Å². The molecule has 1 aliphatic heterocycles. The number of amidine groups is 1. The summed E-state index contributed by atoms with van der Waals surface area (Å²) in [6.45, 7) is 9.39. The van der Waals surface area contributed by atoms with E-state index >= 15 is 0 Å². The van der Waals surface area contributed by atoms with Gasteiger partial charge in [0.15, 0.2) is 9.84 Å². The van der Waals surface area contributed by atoms with E-state index in [1.54, 1.807) is 18.3 Å². The van der Waals surface area contributed by atoms with Crippen LogP contribution in [-0.2, 0) is 15.4 Å². The van der Waals surface area contributed by atoms with Crippen molar-refractivity contribution >= 4 is 47.2 Å². The van der Waals surface area contributed by atoms with E-state index in [0.29, 0.717) is 6.42 Å². The second kappa shape index (κ2) is 7.36. The van der Waals surface area contributed by atoms with Gasteiger partial charge < -0.3 is 5.32 Å². The molecule has 0 spiro atoms. The molecule has 2 heterocycles. The number of thiophene rings is 1. The lowest BCUT2D eigenvalue weighted by atomic mass is 9.89. The number of hydrogen-bond donors (Lipinski definition) is 2. The van der Waals surface area contributed by atoms with Crippen molar-refractivity contribution in [3.05, 3.63) is 47.5 Å². The van der Waals surface area contributed by atoms with Crippen molar-refractivity contribution < 1.29 is 8.42 Å². The van der Waals surface area contributed by atoms with Gasteiger partial charge in [-0.15, -0.1) is 17.3 Å². The van der Waals surface area contributed by atoms with E-state index < -0.39 is 20.1 Å². The van der Waals surface area contributed by atoms with Crippen LogP contribution in [0.1, 0.15) is 52.2 Å². The molecule has 31 heavy (non-hydrogen) atoms. The number of nitrogens with one attached hydrogen (secondary N) is 2. The monoisotopic (exact) mass is 452 g/mol. The summed E-state index contributed by atoms with van der Waals surface area (Å²) in [6.07, 6.45) is 0.437. The summed E-state index contributed by atoms with van der Waals surface area (Å²) >= 11 is 1.72. The lowest BCUT2D eigenvalue weighted by molar-refractivity contribution is 0.415. The molecule has 4 nitrogen and oxygen atoms in total. The first kappa shape index (κ1) is 21.9. The van der Waals surface area contributed by atoms with E-state index in [9.17, 15) is 8.42 Å². The van der Waals surface area contributed by atoms with E-state index in [-0.39, 0.29) is 17.5 Å². The number of sulfone groups is 1. The molecule has 1 saturated heterocycles. The molecule has 1 aromatic heterocycles. The van der Waals surface area contributed by atoms with Crippen LogP contribution >= 0.6 is 11.3 Å². The summed E-state index contributed by atoms with van der Waals surface area (Å²) in [6, 6.07) is 12.4. The summed E-state index contributed by atoms with van der Waals surface area (Å²) in [5.41, 5.74) is 0.998. The maximum atomic E-state index is 13.4. The Morgan fingerprint density at radius 1 is 1.13 bits per heavy atom. The standard InChI is InChI=1S/C25H28N2O2S2/c1-6-7-17-8-10-21-19(12-17)20-13-18(9-11-22(20)30-21)24(4)15-31(28,29)25(5,14-16(2)3)23(26)27-24/h8-13,16H,14-15H2,1-5H3,(H2,26,27)/t24-,25-/m0/s1. The Morgan fingerprint density at radius 3 is 2.39 bits per heavy atom. The molecule has 4 rings (SSSR count). The van der Waals surface area contributed by atoms with Crippen molar-refractivity contribution in [1.82, 2.24) is 5.32 Å². The Kier molecular flexibility index (Phi) is 5.19. The first-order valence-corrected chi connectivity index (χ1v) is 12.9. The minimum atomic E-state index is -3.52. The highest BCUT2D eigenvalue weighted by Crippen LogP contribution is 2.40. The molecule has 2 N–H and O–H groups in total. The molecule has 3 aromatic rings. The van der Waals surface area contributed by atoms with E-state index in [2.05, 4.69) is 41.4 Å². The Hall–Kier alpha value is -2.36. The van der Waals surface area contributed by atoms with E-state index in [1.165, 1.54) is 4.70 Å². The summed E-state index contributed by atoms with van der Waals surface area (Å²) < 4.78 is 27.9. The number of benzene rings is 2. The fraction of sp³-hybridized carbons (Fsp3) is 0.400. The number of hydrogen-bond acceptors (Lipinski definition) is 4. The largest absolute Gasteiger partial charge is 0.362 e. The van der Waals surface area contributed by atoms with Crippen LogP contribution < -0.4 is 5.32 Å². The highest BCUT2D eigenvalue weighted by Gasteiger charge is 2.53. The normalized spacial score (nSPS) is 25.4.